The molecule has 0 atom stereocenters. The molecule has 0 bridgehead atoms. The van der Waals surface area contributed by atoms with E-state index in [1.807, 2.05) is 17.8 Å². The summed E-state index contributed by atoms with van der Waals surface area (Å²) in [7, 11) is 1.91. The molecule has 2 N–H and O–H groups in total. The van der Waals surface area contributed by atoms with Crippen LogP contribution in [0, 0.1) is 5.92 Å². The molecule has 0 saturated heterocycles. The maximum absolute atomic E-state index is 12.6. The van der Waals surface area contributed by atoms with Gasteiger partial charge in [0, 0.05) is 31.4 Å². The lowest BCUT2D eigenvalue weighted by Gasteiger charge is -2.37. The van der Waals surface area contributed by atoms with Gasteiger partial charge in [0.1, 0.15) is 5.82 Å². The number of hydrogen-bond acceptors (Lipinski definition) is 2. The Morgan fingerprint density at radius 1 is 1.42 bits per heavy atom. The zero-order chi connectivity index (χ0) is 14.1. The normalized spacial score (nSPS) is 28.6. The van der Waals surface area contributed by atoms with Crippen LogP contribution in [0.3, 0.4) is 0 Å². The molecule has 1 aromatic rings. The van der Waals surface area contributed by atoms with Crippen LogP contribution in [-0.4, -0.2) is 21.3 Å². The standard InChI is InChI=1S/C13H20F3N3/c1-19-9-8-18-11(19)4-7-12(17)5-2-10(3-6-12)13(14,15)16/h8-10H,2-7,17H2,1H3. The summed E-state index contributed by atoms with van der Waals surface area (Å²) < 4.78 is 39.7. The second kappa shape index (κ2) is 5.15. The van der Waals surface area contributed by atoms with E-state index in [4.69, 9.17) is 5.73 Å². The van der Waals surface area contributed by atoms with Gasteiger partial charge in [0.25, 0.3) is 0 Å². The van der Waals surface area contributed by atoms with Gasteiger partial charge in [-0.3, -0.25) is 0 Å². The van der Waals surface area contributed by atoms with E-state index < -0.39 is 17.6 Å². The first-order valence-corrected chi connectivity index (χ1v) is 6.62. The fraction of sp³-hybridized carbons (Fsp3) is 0.769. The number of aromatic nitrogens is 2. The molecule has 0 amide bonds. The van der Waals surface area contributed by atoms with Crippen LogP contribution in [0.2, 0.25) is 0 Å². The molecule has 1 aliphatic carbocycles. The maximum Gasteiger partial charge on any atom is 0.391 e. The zero-order valence-electron chi connectivity index (χ0n) is 11.1. The number of alkyl halides is 3. The van der Waals surface area contributed by atoms with Crippen molar-refractivity contribution in [1.29, 1.82) is 0 Å². The topological polar surface area (TPSA) is 43.8 Å². The molecule has 1 saturated carbocycles. The highest BCUT2D eigenvalue weighted by molar-refractivity contribution is 4.97. The summed E-state index contributed by atoms with van der Waals surface area (Å²) in [5.41, 5.74) is 5.76. The fourth-order valence-corrected chi connectivity index (χ4v) is 2.77. The summed E-state index contributed by atoms with van der Waals surface area (Å²) in [6.45, 7) is 0. The molecule has 1 aliphatic rings. The Hall–Kier alpha value is -1.04. The summed E-state index contributed by atoms with van der Waals surface area (Å²) in [5, 5.41) is 0. The van der Waals surface area contributed by atoms with Crippen LogP contribution in [0.4, 0.5) is 13.2 Å². The minimum Gasteiger partial charge on any atom is -0.338 e. The quantitative estimate of drug-likeness (QED) is 0.921. The van der Waals surface area contributed by atoms with Crippen molar-refractivity contribution in [3.8, 4) is 0 Å². The largest absolute Gasteiger partial charge is 0.391 e. The second-order valence-corrected chi connectivity index (χ2v) is 5.63. The molecule has 1 heterocycles. The number of nitrogens with two attached hydrogens (primary N) is 1. The highest BCUT2D eigenvalue weighted by Crippen LogP contribution is 2.41. The minimum absolute atomic E-state index is 0.153. The van der Waals surface area contributed by atoms with Crippen LogP contribution in [0.25, 0.3) is 0 Å². The van der Waals surface area contributed by atoms with Gasteiger partial charge in [0.15, 0.2) is 0 Å². The molecule has 0 aliphatic heterocycles. The van der Waals surface area contributed by atoms with E-state index in [0.29, 0.717) is 19.3 Å². The van der Waals surface area contributed by atoms with Gasteiger partial charge in [-0.1, -0.05) is 0 Å². The highest BCUT2D eigenvalue weighted by Gasteiger charge is 2.44. The van der Waals surface area contributed by atoms with Gasteiger partial charge in [-0.2, -0.15) is 13.2 Å². The predicted molar refractivity (Wildman–Crippen MR) is 66.5 cm³/mol. The molecule has 108 valence electrons. The molecule has 2 rings (SSSR count). The van der Waals surface area contributed by atoms with Crippen molar-refractivity contribution < 1.29 is 13.2 Å². The van der Waals surface area contributed by atoms with Crippen LogP contribution in [-0.2, 0) is 13.5 Å². The number of aryl methyl sites for hydroxylation is 2. The summed E-state index contributed by atoms with van der Waals surface area (Å²) in [6.07, 6.45) is 2.13. The summed E-state index contributed by atoms with van der Waals surface area (Å²) in [4.78, 5) is 4.21. The molecule has 0 spiro atoms. The van der Waals surface area contributed by atoms with Gasteiger partial charge in [-0.15, -0.1) is 0 Å². The van der Waals surface area contributed by atoms with Crippen molar-refractivity contribution >= 4 is 0 Å². The first-order valence-electron chi connectivity index (χ1n) is 6.62. The molecular weight excluding hydrogens is 255 g/mol. The molecule has 0 aromatic carbocycles. The van der Waals surface area contributed by atoms with Crippen molar-refractivity contribution in [2.75, 3.05) is 0 Å². The van der Waals surface area contributed by atoms with Crippen molar-refractivity contribution in [1.82, 2.24) is 9.55 Å². The Morgan fingerprint density at radius 3 is 2.53 bits per heavy atom. The zero-order valence-corrected chi connectivity index (χ0v) is 11.1. The Kier molecular flexibility index (Phi) is 3.90. The van der Waals surface area contributed by atoms with E-state index in [0.717, 1.165) is 12.2 Å². The number of halogens is 3. The van der Waals surface area contributed by atoms with E-state index >= 15 is 0 Å². The highest BCUT2D eigenvalue weighted by atomic mass is 19.4. The number of nitrogens with zero attached hydrogens (tertiary/aromatic N) is 2. The summed E-state index contributed by atoms with van der Waals surface area (Å²) in [6, 6.07) is 0. The lowest BCUT2D eigenvalue weighted by molar-refractivity contribution is -0.184. The lowest BCUT2D eigenvalue weighted by Crippen LogP contribution is -2.45. The van der Waals surface area contributed by atoms with Crippen LogP contribution < -0.4 is 5.73 Å². The third-order valence-corrected chi connectivity index (χ3v) is 4.21. The van der Waals surface area contributed by atoms with E-state index in [9.17, 15) is 13.2 Å². The molecular formula is C13H20F3N3. The molecule has 1 aromatic heterocycles. The van der Waals surface area contributed by atoms with Gasteiger partial charge in [-0.05, 0) is 32.1 Å². The predicted octanol–water partition coefficient (Wildman–Crippen LogP) is 2.80. The number of rotatable bonds is 3. The first-order chi connectivity index (χ1) is 8.80. The maximum atomic E-state index is 12.6. The van der Waals surface area contributed by atoms with Crippen LogP contribution in [0.15, 0.2) is 12.4 Å². The number of imidazole rings is 1. The molecule has 0 unspecified atom stereocenters. The van der Waals surface area contributed by atoms with E-state index in [1.54, 1.807) is 6.20 Å². The van der Waals surface area contributed by atoms with Crippen LogP contribution in [0.5, 0.6) is 0 Å². The van der Waals surface area contributed by atoms with Crippen molar-refractivity contribution in [2.24, 2.45) is 18.7 Å². The molecule has 19 heavy (non-hydrogen) atoms. The summed E-state index contributed by atoms with van der Waals surface area (Å²) >= 11 is 0. The van der Waals surface area contributed by atoms with Crippen LogP contribution >= 0.6 is 0 Å². The van der Waals surface area contributed by atoms with E-state index in [-0.39, 0.29) is 12.8 Å². The van der Waals surface area contributed by atoms with Gasteiger partial charge < -0.3 is 10.3 Å². The smallest absolute Gasteiger partial charge is 0.338 e. The minimum atomic E-state index is -4.07. The van der Waals surface area contributed by atoms with Crippen molar-refractivity contribution in [2.45, 2.75) is 50.2 Å². The van der Waals surface area contributed by atoms with Gasteiger partial charge in [0.2, 0.25) is 0 Å². The average molecular weight is 275 g/mol. The number of hydrogen-bond donors (Lipinski definition) is 1. The van der Waals surface area contributed by atoms with Gasteiger partial charge >= 0.3 is 6.18 Å². The molecule has 0 radical (unpaired) electrons. The van der Waals surface area contributed by atoms with Crippen molar-refractivity contribution in [3.63, 3.8) is 0 Å². The third kappa shape index (κ3) is 3.49. The van der Waals surface area contributed by atoms with Gasteiger partial charge in [-0.25, -0.2) is 4.98 Å². The molecule has 6 heteroatoms. The first kappa shape index (κ1) is 14.4. The van der Waals surface area contributed by atoms with Crippen molar-refractivity contribution in [3.05, 3.63) is 18.2 Å². The molecule has 1 fully saturated rings. The molecule has 3 nitrogen and oxygen atoms in total. The Morgan fingerprint density at radius 2 is 2.05 bits per heavy atom. The summed E-state index contributed by atoms with van der Waals surface area (Å²) in [5.74, 6) is -0.236. The monoisotopic (exact) mass is 275 g/mol. The van der Waals surface area contributed by atoms with Crippen LogP contribution in [0.1, 0.15) is 37.9 Å². The fourth-order valence-electron chi connectivity index (χ4n) is 2.77. The lowest BCUT2D eigenvalue weighted by atomic mass is 9.74. The SMILES string of the molecule is Cn1ccnc1CCC1(N)CCC(C(F)(F)F)CC1. The third-order valence-electron chi connectivity index (χ3n) is 4.21. The second-order valence-electron chi connectivity index (χ2n) is 5.63. The van der Waals surface area contributed by atoms with E-state index in [1.165, 1.54) is 0 Å². The average Bonchev–Trinajstić information content (AvgIpc) is 2.72. The van der Waals surface area contributed by atoms with E-state index in [2.05, 4.69) is 4.98 Å². The van der Waals surface area contributed by atoms with Gasteiger partial charge in [0.05, 0.1) is 5.92 Å². The Labute approximate surface area is 111 Å². The Balaban J connectivity index is 1.87. The Bertz CT molecular complexity index is 417.